The van der Waals surface area contributed by atoms with Crippen molar-refractivity contribution in [2.24, 2.45) is 0 Å². The highest BCUT2D eigenvalue weighted by atomic mass is 19.4. The average Bonchev–Trinajstić information content (AvgIpc) is 1.84. The molecule has 7 nitrogen and oxygen atoms in total. The van der Waals surface area contributed by atoms with Crippen molar-refractivity contribution in [2.45, 2.75) is 20.0 Å². The van der Waals surface area contributed by atoms with E-state index in [0.29, 0.717) is 0 Å². The molecule has 0 aliphatic heterocycles. The molecule has 0 aromatic rings. The van der Waals surface area contributed by atoms with Crippen LogP contribution in [0.1, 0.15) is 13.8 Å². The van der Waals surface area contributed by atoms with Crippen LogP contribution in [0.4, 0.5) is 13.2 Å². The number of nitrogens with zero attached hydrogens (tertiary/aromatic N) is 1. The van der Waals surface area contributed by atoms with Gasteiger partial charge in [0, 0.05) is 13.8 Å². The largest absolute Gasteiger partial charge is 0.490 e. The third-order valence-electron chi connectivity index (χ3n) is 0.243. The molecule has 0 atom stereocenters. The molecule has 0 radical (unpaired) electrons. The van der Waals surface area contributed by atoms with E-state index in [0.717, 1.165) is 6.92 Å². The summed E-state index contributed by atoms with van der Waals surface area (Å²) < 4.78 is 31.7. The minimum absolute atomic E-state index is 0. The van der Waals surface area contributed by atoms with Crippen LogP contribution in [0.5, 0.6) is 0 Å². The van der Waals surface area contributed by atoms with Gasteiger partial charge >= 0.3 is 12.1 Å². The van der Waals surface area contributed by atoms with Gasteiger partial charge in [-0.3, -0.25) is 4.79 Å². The first-order valence-corrected chi connectivity index (χ1v) is 2.90. The van der Waals surface area contributed by atoms with Gasteiger partial charge in [0.15, 0.2) is 0 Å². The van der Waals surface area contributed by atoms with E-state index in [9.17, 15) is 13.2 Å². The number of hydrogen-bond donors (Lipinski definition) is 4. The minimum Gasteiger partial charge on any atom is -0.481 e. The first kappa shape index (κ1) is 29.2. The molecule has 0 aliphatic rings. The van der Waals surface area contributed by atoms with Crippen LogP contribution in [0, 0.1) is 11.3 Å². The Morgan fingerprint density at radius 3 is 1.25 bits per heavy atom. The second-order valence-corrected chi connectivity index (χ2v) is 1.55. The molecule has 0 bridgehead atoms. The van der Waals surface area contributed by atoms with Crippen LogP contribution in [0.25, 0.3) is 0 Å². The van der Waals surface area contributed by atoms with E-state index >= 15 is 0 Å². The summed E-state index contributed by atoms with van der Waals surface area (Å²) in [6, 6.07) is 1.75. The molecule has 0 saturated heterocycles. The van der Waals surface area contributed by atoms with E-state index in [-0.39, 0.29) is 12.3 Å². The summed E-state index contributed by atoms with van der Waals surface area (Å²) in [6.07, 6.45) is -5.08. The van der Waals surface area contributed by atoms with Gasteiger partial charge in [0.1, 0.15) is 0 Å². The summed E-state index contributed by atoms with van der Waals surface area (Å²) in [5.74, 6) is -3.59. The Labute approximate surface area is 89.6 Å². The maximum Gasteiger partial charge on any atom is 0.490 e. The fourth-order valence-electron chi connectivity index (χ4n) is 0. The number of aliphatic carboxylic acids is 2. The molecule has 16 heavy (non-hydrogen) atoms. The predicted molar refractivity (Wildman–Crippen MR) is 48.3 cm³/mol. The smallest absolute Gasteiger partial charge is 0.481 e. The summed E-state index contributed by atoms with van der Waals surface area (Å²) >= 11 is 0. The van der Waals surface area contributed by atoms with Crippen LogP contribution < -0.4 is 12.3 Å². The van der Waals surface area contributed by atoms with Gasteiger partial charge in [-0.2, -0.15) is 18.4 Å². The molecular formula is C6H14F3N3O4. The lowest BCUT2D eigenvalue weighted by atomic mass is 10.7. The van der Waals surface area contributed by atoms with Gasteiger partial charge in [-0.15, -0.1) is 0 Å². The van der Waals surface area contributed by atoms with E-state index < -0.39 is 18.1 Å². The van der Waals surface area contributed by atoms with Gasteiger partial charge in [0.25, 0.3) is 5.97 Å². The fraction of sp³-hybridized carbons (Fsp3) is 0.500. The van der Waals surface area contributed by atoms with Crippen LogP contribution in [0.3, 0.4) is 0 Å². The SMILES string of the molecule is CC#N.CC(=O)O.N.N.O=C(O)C(F)(F)F. The maximum atomic E-state index is 10.6. The molecule has 0 heterocycles. The number of rotatable bonds is 0. The average molecular weight is 249 g/mol. The normalized spacial score (nSPS) is 7.00. The summed E-state index contributed by atoms with van der Waals surface area (Å²) in [4.78, 5) is 17.9. The number of nitriles is 1. The zero-order chi connectivity index (χ0) is 12.4. The summed E-state index contributed by atoms with van der Waals surface area (Å²) in [7, 11) is 0. The molecule has 0 saturated carbocycles. The number of carbonyl (C=O) groups is 2. The van der Waals surface area contributed by atoms with Gasteiger partial charge in [-0.1, -0.05) is 0 Å². The Bertz CT molecular complexity index is 220. The molecule has 0 fully saturated rings. The Morgan fingerprint density at radius 2 is 1.25 bits per heavy atom. The first-order chi connectivity index (χ1) is 6.09. The Kier molecular flexibility index (Phi) is 28.5. The van der Waals surface area contributed by atoms with Gasteiger partial charge in [-0.05, 0) is 0 Å². The lowest BCUT2D eigenvalue weighted by molar-refractivity contribution is -0.192. The number of carboxylic acids is 2. The Morgan fingerprint density at radius 1 is 1.19 bits per heavy atom. The standard InChI is InChI=1S/C2HF3O2.C2H3N.C2H4O2.2H3N/c3-2(4,5)1(6)7;1-2-3;1-2(3)4;;/h(H,6,7);1H3;1H3,(H,3,4);2*1H3. The van der Waals surface area contributed by atoms with Gasteiger partial charge in [-0.25, -0.2) is 4.79 Å². The summed E-state index contributed by atoms with van der Waals surface area (Å²) in [5, 5.41) is 21.9. The zero-order valence-electron chi connectivity index (χ0n) is 8.71. The molecule has 0 amide bonds. The van der Waals surface area contributed by atoms with Gasteiger partial charge in [0.05, 0.1) is 6.07 Å². The number of hydrogen-bond acceptors (Lipinski definition) is 5. The number of carboxylic acid groups (broad SMARTS) is 2. The maximum absolute atomic E-state index is 10.6. The third kappa shape index (κ3) is 87.9. The molecule has 0 aromatic carbocycles. The van der Waals surface area contributed by atoms with E-state index in [1.54, 1.807) is 6.07 Å². The van der Waals surface area contributed by atoms with Crippen molar-refractivity contribution in [3.8, 4) is 6.07 Å². The van der Waals surface area contributed by atoms with Crippen LogP contribution in [0.2, 0.25) is 0 Å². The summed E-state index contributed by atoms with van der Waals surface area (Å²) in [6.45, 7) is 2.51. The highest BCUT2D eigenvalue weighted by Crippen LogP contribution is 2.13. The van der Waals surface area contributed by atoms with Crippen molar-refractivity contribution in [1.82, 2.24) is 12.3 Å². The minimum atomic E-state index is -5.08. The van der Waals surface area contributed by atoms with E-state index in [1.807, 2.05) is 0 Å². The molecule has 0 aliphatic carbocycles. The van der Waals surface area contributed by atoms with Crippen LogP contribution in [0.15, 0.2) is 0 Å². The van der Waals surface area contributed by atoms with Crippen LogP contribution >= 0.6 is 0 Å². The highest BCUT2D eigenvalue weighted by Gasteiger charge is 2.38. The molecule has 0 unspecified atom stereocenters. The van der Waals surface area contributed by atoms with E-state index in [2.05, 4.69) is 0 Å². The zero-order valence-corrected chi connectivity index (χ0v) is 8.71. The molecule has 0 rings (SSSR count). The predicted octanol–water partition coefficient (Wildman–Crippen LogP) is 1.58. The first-order valence-electron chi connectivity index (χ1n) is 2.90. The molecule has 0 aromatic heterocycles. The second-order valence-electron chi connectivity index (χ2n) is 1.55. The molecule has 8 N–H and O–H groups in total. The van der Waals surface area contributed by atoms with Crippen molar-refractivity contribution in [1.29, 1.82) is 5.26 Å². The number of alkyl halides is 3. The van der Waals surface area contributed by atoms with Crippen LogP contribution in [-0.2, 0) is 9.59 Å². The molecule has 0 spiro atoms. The monoisotopic (exact) mass is 249 g/mol. The second kappa shape index (κ2) is 15.6. The van der Waals surface area contributed by atoms with Crippen molar-refractivity contribution >= 4 is 11.9 Å². The quantitative estimate of drug-likeness (QED) is 0.504. The van der Waals surface area contributed by atoms with Crippen LogP contribution in [-0.4, -0.2) is 28.3 Å². The highest BCUT2D eigenvalue weighted by molar-refractivity contribution is 5.73. The molecular weight excluding hydrogens is 235 g/mol. The molecule has 98 valence electrons. The third-order valence-corrected chi connectivity index (χ3v) is 0.243. The lowest BCUT2D eigenvalue weighted by Gasteiger charge is -1.93. The van der Waals surface area contributed by atoms with Gasteiger partial charge in [0.2, 0.25) is 0 Å². The van der Waals surface area contributed by atoms with Crippen molar-refractivity contribution in [2.75, 3.05) is 0 Å². The topological polar surface area (TPSA) is 168 Å². The summed E-state index contributed by atoms with van der Waals surface area (Å²) in [5.41, 5.74) is 0. The van der Waals surface area contributed by atoms with Gasteiger partial charge < -0.3 is 22.5 Å². The Balaban J connectivity index is -0.0000000393. The Hall–Kier alpha value is -1.86. The molecule has 10 heteroatoms. The van der Waals surface area contributed by atoms with Crippen molar-refractivity contribution in [3.05, 3.63) is 0 Å². The number of halogens is 3. The fourth-order valence-corrected chi connectivity index (χ4v) is 0. The lowest BCUT2D eigenvalue weighted by Crippen LogP contribution is -2.21. The van der Waals surface area contributed by atoms with E-state index in [1.165, 1.54) is 6.92 Å². The van der Waals surface area contributed by atoms with Crippen molar-refractivity contribution in [3.63, 3.8) is 0 Å². The van der Waals surface area contributed by atoms with Crippen molar-refractivity contribution < 1.29 is 33.0 Å². The van der Waals surface area contributed by atoms with E-state index in [4.69, 9.17) is 25.1 Å².